The number of nitrogens with one attached hydrogen (secondary N) is 2. The number of rotatable bonds is 6. The highest BCUT2D eigenvalue weighted by Crippen LogP contribution is 2.27. The molecule has 2 rings (SSSR count). The number of hydrogen-bond acceptors (Lipinski definition) is 2. The summed E-state index contributed by atoms with van der Waals surface area (Å²) >= 11 is 0. The molecule has 0 radical (unpaired) electrons. The Labute approximate surface area is 98.1 Å². The predicted octanol–water partition coefficient (Wildman–Crippen LogP) is 2.51. The van der Waals surface area contributed by atoms with Gasteiger partial charge in [-0.1, -0.05) is 13.3 Å². The van der Waals surface area contributed by atoms with E-state index in [0.29, 0.717) is 0 Å². The zero-order valence-corrected chi connectivity index (χ0v) is 10.2. The Balaban J connectivity index is 1.55. The number of aromatic amines is 1. The van der Waals surface area contributed by atoms with Gasteiger partial charge in [0, 0.05) is 24.9 Å². The van der Waals surface area contributed by atoms with Crippen LogP contribution in [0.25, 0.3) is 0 Å². The van der Waals surface area contributed by atoms with Gasteiger partial charge in [-0.3, -0.25) is 0 Å². The Bertz CT molecular complexity index is 281. The average Bonchev–Trinajstić information content (AvgIpc) is 2.95. The molecule has 1 aromatic rings. The van der Waals surface area contributed by atoms with Crippen LogP contribution >= 0.6 is 0 Å². The maximum absolute atomic E-state index is 4.23. The third kappa shape index (κ3) is 3.34. The highest BCUT2D eigenvalue weighted by atomic mass is 14.9. The van der Waals surface area contributed by atoms with Gasteiger partial charge in [-0.25, -0.2) is 4.98 Å². The fourth-order valence-electron chi connectivity index (χ4n) is 2.63. The smallest absolute Gasteiger partial charge is 0.106 e. The Hall–Kier alpha value is -0.830. The van der Waals surface area contributed by atoms with Crippen molar-refractivity contribution in [1.82, 2.24) is 15.3 Å². The van der Waals surface area contributed by atoms with E-state index < -0.39 is 0 Å². The quantitative estimate of drug-likeness (QED) is 0.725. The summed E-state index contributed by atoms with van der Waals surface area (Å²) in [5.41, 5.74) is 0. The molecule has 0 aliphatic heterocycles. The number of aromatic nitrogens is 2. The Morgan fingerprint density at radius 1 is 1.50 bits per heavy atom. The van der Waals surface area contributed by atoms with Gasteiger partial charge in [0.25, 0.3) is 0 Å². The van der Waals surface area contributed by atoms with Gasteiger partial charge in [-0.2, -0.15) is 0 Å². The molecule has 2 unspecified atom stereocenters. The van der Waals surface area contributed by atoms with E-state index in [9.17, 15) is 0 Å². The molecule has 1 fully saturated rings. The minimum atomic E-state index is 0.779. The largest absolute Gasteiger partial charge is 0.349 e. The average molecular weight is 221 g/mol. The van der Waals surface area contributed by atoms with Crippen LogP contribution < -0.4 is 5.32 Å². The molecule has 1 heterocycles. The van der Waals surface area contributed by atoms with Gasteiger partial charge in [0.05, 0.1) is 0 Å². The first-order chi connectivity index (χ1) is 7.88. The summed E-state index contributed by atoms with van der Waals surface area (Å²) < 4.78 is 0. The van der Waals surface area contributed by atoms with Crippen LogP contribution in [0.15, 0.2) is 12.4 Å². The van der Waals surface area contributed by atoms with Crippen LogP contribution in [-0.4, -0.2) is 22.6 Å². The van der Waals surface area contributed by atoms with E-state index in [1.807, 2.05) is 12.4 Å². The highest BCUT2D eigenvalue weighted by molar-refractivity contribution is 4.87. The lowest BCUT2D eigenvalue weighted by atomic mass is 10.1. The zero-order valence-electron chi connectivity index (χ0n) is 10.2. The van der Waals surface area contributed by atoms with Gasteiger partial charge in [-0.15, -0.1) is 0 Å². The molecular formula is C13H23N3. The molecule has 3 heteroatoms. The summed E-state index contributed by atoms with van der Waals surface area (Å²) in [7, 11) is 0. The molecule has 1 aliphatic rings. The van der Waals surface area contributed by atoms with E-state index in [4.69, 9.17) is 0 Å². The van der Waals surface area contributed by atoms with Gasteiger partial charge in [0.1, 0.15) is 5.82 Å². The van der Waals surface area contributed by atoms with Crippen LogP contribution in [0.1, 0.15) is 44.9 Å². The predicted molar refractivity (Wildman–Crippen MR) is 66.3 cm³/mol. The molecule has 0 spiro atoms. The van der Waals surface area contributed by atoms with Crippen molar-refractivity contribution in [3.05, 3.63) is 18.2 Å². The molecule has 0 amide bonds. The minimum Gasteiger partial charge on any atom is -0.349 e. The summed E-state index contributed by atoms with van der Waals surface area (Å²) in [5, 5.41) is 3.67. The second-order valence-corrected chi connectivity index (χ2v) is 4.88. The SMILES string of the molecule is CCC1CCC(NCCCc2ncc[nH]2)C1. The summed E-state index contributed by atoms with van der Waals surface area (Å²) in [6, 6.07) is 0.779. The van der Waals surface area contributed by atoms with Crippen LogP contribution in [0.2, 0.25) is 0 Å². The monoisotopic (exact) mass is 221 g/mol. The first-order valence-corrected chi connectivity index (χ1v) is 6.60. The minimum absolute atomic E-state index is 0.779. The molecule has 0 saturated heterocycles. The second-order valence-electron chi connectivity index (χ2n) is 4.88. The molecule has 1 aromatic heterocycles. The Morgan fingerprint density at radius 3 is 3.12 bits per heavy atom. The molecule has 2 atom stereocenters. The number of H-pyrrole nitrogens is 1. The Morgan fingerprint density at radius 2 is 2.44 bits per heavy atom. The van der Waals surface area contributed by atoms with Crippen LogP contribution in [0.5, 0.6) is 0 Å². The first kappa shape index (κ1) is 11.6. The first-order valence-electron chi connectivity index (χ1n) is 6.60. The van der Waals surface area contributed by atoms with E-state index in [1.165, 1.54) is 32.1 Å². The van der Waals surface area contributed by atoms with Crippen molar-refractivity contribution in [2.45, 2.75) is 51.5 Å². The second kappa shape index (κ2) is 6.04. The number of nitrogens with zero attached hydrogens (tertiary/aromatic N) is 1. The number of imidazole rings is 1. The van der Waals surface area contributed by atoms with Crippen LogP contribution in [0.3, 0.4) is 0 Å². The van der Waals surface area contributed by atoms with Crippen molar-refractivity contribution in [2.24, 2.45) is 5.92 Å². The van der Waals surface area contributed by atoms with Crippen molar-refractivity contribution < 1.29 is 0 Å². The van der Waals surface area contributed by atoms with Crippen molar-refractivity contribution in [3.63, 3.8) is 0 Å². The Kier molecular flexibility index (Phi) is 4.40. The van der Waals surface area contributed by atoms with E-state index in [2.05, 4.69) is 22.2 Å². The van der Waals surface area contributed by atoms with Gasteiger partial charge in [-0.05, 0) is 38.1 Å². The maximum atomic E-state index is 4.23. The van der Waals surface area contributed by atoms with Crippen molar-refractivity contribution in [1.29, 1.82) is 0 Å². The molecular weight excluding hydrogens is 198 g/mol. The summed E-state index contributed by atoms with van der Waals surface area (Å²) in [6.07, 6.45) is 11.5. The standard InChI is InChI=1S/C13H23N3/c1-2-11-5-6-12(10-11)14-7-3-4-13-15-8-9-16-13/h8-9,11-12,14H,2-7,10H2,1H3,(H,15,16). The topological polar surface area (TPSA) is 40.7 Å². The molecule has 16 heavy (non-hydrogen) atoms. The van der Waals surface area contributed by atoms with Crippen LogP contribution in [-0.2, 0) is 6.42 Å². The maximum Gasteiger partial charge on any atom is 0.106 e. The van der Waals surface area contributed by atoms with Crippen molar-refractivity contribution in [2.75, 3.05) is 6.54 Å². The van der Waals surface area contributed by atoms with Gasteiger partial charge < -0.3 is 10.3 Å². The van der Waals surface area contributed by atoms with Gasteiger partial charge in [0.15, 0.2) is 0 Å². The highest BCUT2D eigenvalue weighted by Gasteiger charge is 2.22. The molecule has 1 saturated carbocycles. The molecule has 3 nitrogen and oxygen atoms in total. The fraction of sp³-hybridized carbons (Fsp3) is 0.769. The fourth-order valence-corrected chi connectivity index (χ4v) is 2.63. The molecule has 90 valence electrons. The number of aryl methyl sites for hydroxylation is 1. The zero-order chi connectivity index (χ0) is 11.2. The molecule has 2 N–H and O–H groups in total. The lowest BCUT2D eigenvalue weighted by Crippen LogP contribution is -2.27. The van der Waals surface area contributed by atoms with E-state index in [-0.39, 0.29) is 0 Å². The lowest BCUT2D eigenvalue weighted by Gasteiger charge is -2.12. The summed E-state index contributed by atoms with van der Waals surface area (Å²) in [6.45, 7) is 3.44. The van der Waals surface area contributed by atoms with E-state index in [1.54, 1.807) is 0 Å². The van der Waals surface area contributed by atoms with Crippen molar-refractivity contribution in [3.8, 4) is 0 Å². The van der Waals surface area contributed by atoms with Gasteiger partial charge >= 0.3 is 0 Å². The normalized spacial score (nSPS) is 25.1. The third-order valence-corrected chi connectivity index (χ3v) is 3.70. The number of hydrogen-bond donors (Lipinski definition) is 2. The molecule has 0 aromatic carbocycles. The lowest BCUT2D eigenvalue weighted by molar-refractivity contribution is 0.473. The molecule has 1 aliphatic carbocycles. The van der Waals surface area contributed by atoms with Crippen molar-refractivity contribution >= 4 is 0 Å². The van der Waals surface area contributed by atoms with Crippen LogP contribution in [0.4, 0.5) is 0 Å². The third-order valence-electron chi connectivity index (χ3n) is 3.70. The van der Waals surface area contributed by atoms with Crippen LogP contribution in [0, 0.1) is 5.92 Å². The summed E-state index contributed by atoms with van der Waals surface area (Å²) in [5.74, 6) is 2.09. The van der Waals surface area contributed by atoms with E-state index in [0.717, 1.165) is 30.7 Å². The van der Waals surface area contributed by atoms with E-state index >= 15 is 0 Å². The summed E-state index contributed by atoms with van der Waals surface area (Å²) in [4.78, 5) is 7.37. The molecule has 0 bridgehead atoms. The van der Waals surface area contributed by atoms with Gasteiger partial charge in [0.2, 0.25) is 0 Å².